The lowest BCUT2D eigenvalue weighted by molar-refractivity contribution is 0.811. The molecule has 5 nitrogen and oxygen atoms in total. The van der Waals surface area contributed by atoms with Gasteiger partial charge in [-0.2, -0.15) is 0 Å². The lowest BCUT2D eigenvalue weighted by atomic mass is 10.2. The molecule has 1 saturated heterocycles. The van der Waals surface area contributed by atoms with E-state index in [0.717, 1.165) is 31.4 Å². The maximum atomic E-state index is 4.68. The second-order valence-corrected chi connectivity index (χ2v) is 5.83. The van der Waals surface area contributed by atoms with Gasteiger partial charge in [-0.05, 0) is 50.3 Å². The molecule has 21 heavy (non-hydrogen) atoms. The van der Waals surface area contributed by atoms with E-state index in [-0.39, 0.29) is 0 Å². The maximum absolute atomic E-state index is 4.68. The smallest absolute Gasteiger partial charge is 0.191 e. The van der Waals surface area contributed by atoms with Gasteiger partial charge in [0, 0.05) is 31.9 Å². The van der Waals surface area contributed by atoms with Crippen LogP contribution in [0.25, 0.3) is 0 Å². The van der Waals surface area contributed by atoms with Crippen molar-refractivity contribution in [3.05, 3.63) is 23.9 Å². The Labute approximate surface area is 126 Å². The van der Waals surface area contributed by atoms with Gasteiger partial charge in [-0.15, -0.1) is 0 Å². The summed E-state index contributed by atoms with van der Waals surface area (Å²) in [6.07, 6.45) is 6.98. The summed E-state index contributed by atoms with van der Waals surface area (Å²) in [6, 6.07) is 4.86. The molecular weight excluding hydrogens is 262 g/mol. The SMILES string of the molecule is CCNC(=NCc1ccnc(N2CCCC2)c1)NC1CC1. The van der Waals surface area contributed by atoms with Crippen LogP contribution in [0, 0.1) is 0 Å². The maximum Gasteiger partial charge on any atom is 0.191 e. The second-order valence-electron chi connectivity index (χ2n) is 5.83. The molecular formula is C16H25N5. The van der Waals surface area contributed by atoms with Crippen molar-refractivity contribution in [2.75, 3.05) is 24.5 Å². The highest BCUT2D eigenvalue weighted by atomic mass is 15.2. The number of hydrogen-bond donors (Lipinski definition) is 2. The summed E-state index contributed by atoms with van der Waals surface area (Å²) in [5.74, 6) is 2.03. The fraction of sp³-hybridized carbons (Fsp3) is 0.625. The fourth-order valence-electron chi connectivity index (χ4n) is 2.59. The molecule has 0 unspecified atom stereocenters. The van der Waals surface area contributed by atoms with Crippen LogP contribution in [-0.2, 0) is 6.54 Å². The monoisotopic (exact) mass is 287 g/mol. The molecule has 0 atom stereocenters. The van der Waals surface area contributed by atoms with E-state index in [1.54, 1.807) is 0 Å². The van der Waals surface area contributed by atoms with Crippen molar-refractivity contribution in [1.29, 1.82) is 0 Å². The minimum Gasteiger partial charge on any atom is -0.357 e. The van der Waals surface area contributed by atoms with Crippen molar-refractivity contribution < 1.29 is 0 Å². The summed E-state index contributed by atoms with van der Waals surface area (Å²) in [7, 11) is 0. The third kappa shape index (κ3) is 4.09. The fourth-order valence-corrected chi connectivity index (χ4v) is 2.59. The van der Waals surface area contributed by atoms with Crippen LogP contribution in [0.15, 0.2) is 23.3 Å². The molecule has 0 amide bonds. The highest BCUT2D eigenvalue weighted by molar-refractivity contribution is 5.80. The normalized spacial score (nSPS) is 18.9. The Morgan fingerprint density at radius 2 is 2.19 bits per heavy atom. The number of hydrogen-bond acceptors (Lipinski definition) is 3. The van der Waals surface area contributed by atoms with Gasteiger partial charge < -0.3 is 15.5 Å². The molecule has 2 fully saturated rings. The van der Waals surface area contributed by atoms with Crippen molar-refractivity contribution in [2.24, 2.45) is 4.99 Å². The minimum atomic E-state index is 0.625. The van der Waals surface area contributed by atoms with Crippen LogP contribution in [0.3, 0.4) is 0 Å². The molecule has 2 aliphatic rings. The van der Waals surface area contributed by atoms with Crippen LogP contribution in [0.1, 0.15) is 38.2 Å². The van der Waals surface area contributed by atoms with Crippen molar-refractivity contribution in [2.45, 2.75) is 45.2 Å². The zero-order chi connectivity index (χ0) is 14.5. The zero-order valence-corrected chi connectivity index (χ0v) is 12.8. The first-order valence-electron chi connectivity index (χ1n) is 8.10. The van der Waals surface area contributed by atoms with Gasteiger partial charge in [0.2, 0.25) is 0 Å². The Hall–Kier alpha value is -1.78. The third-order valence-electron chi connectivity index (χ3n) is 3.92. The van der Waals surface area contributed by atoms with Gasteiger partial charge in [0.05, 0.1) is 6.54 Å². The molecule has 5 heteroatoms. The molecule has 3 rings (SSSR count). The van der Waals surface area contributed by atoms with Crippen molar-refractivity contribution in [3.63, 3.8) is 0 Å². The quantitative estimate of drug-likeness (QED) is 0.641. The molecule has 2 heterocycles. The van der Waals surface area contributed by atoms with E-state index in [4.69, 9.17) is 0 Å². The van der Waals surface area contributed by atoms with Crippen LogP contribution in [0.2, 0.25) is 0 Å². The van der Waals surface area contributed by atoms with Gasteiger partial charge in [0.25, 0.3) is 0 Å². The van der Waals surface area contributed by atoms with Crippen LogP contribution in [0.4, 0.5) is 5.82 Å². The summed E-state index contributed by atoms with van der Waals surface area (Å²) in [4.78, 5) is 11.5. The first-order valence-corrected chi connectivity index (χ1v) is 8.10. The lowest BCUT2D eigenvalue weighted by Gasteiger charge is -2.16. The van der Waals surface area contributed by atoms with Gasteiger partial charge in [0.1, 0.15) is 5.82 Å². The standard InChI is InChI=1S/C16H25N5/c1-2-17-16(20-14-5-6-14)19-12-13-7-8-18-15(11-13)21-9-3-4-10-21/h7-8,11,14H,2-6,9-10,12H2,1H3,(H2,17,19,20). The topological polar surface area (TPSA) is 52.6 Å². The summed E-state index contributed by atoms with van der Waals surface area (Å²) < 4.78 is 0. The molecule has 114 valence electrons. The van der Waals surface area contributed by atoms with Crippen molar-refractivity contribution >= 4 is 11.8 Å². The molecule has 1 saturated carbocycles. The predicted molar refractivity (Wildman–Crippen MR) is 86.7 cm³/mol. The summed E-state index contributed by atoms with van der Waals surface area (Å²) >= 11 is 0. The van der Waals surface area contributed by atoms with E-state index in [1.165, 1.54) is 31.2 Å². The van der Waals surface area contributed by atoms with E-state index >= 15 is 0 Å². The zero-order valence-electron chi connectivity index (χ0n) is 12.8. The second kappa shape index (κ2) is 6.78. The van der Waals surface area contributed by atoms with Gasteiger partial charge in [-0.25, -0.2) is 9.98 Å². The number of pyridine rings is 1. The molecule has 1 aromatic heterocycles. The average molecular weight is 287 g/mol. The van der Waals surface area contributed by atoms with E-state index in [1.807, 2.05) is 6.20 Å². The first-order chi connectivity index (χ1) is 10.3. The number of nitrogens with zero attached hydrogens (tertiary/aromatic N) is 3. The van der Waals surface area contributed by atoms with Crippen LogP contribution < -0.4 is 15.5 Å². The van der Waals surface area contributed by atoms with Crippen LogP contribution in [0.5, 0.6) is 0 Å². The Balaban J connectivity index is 1.63. The number of rotatable bonds is 5. The number of aromatic nitrogens is 1. The third-order valence-corrected chi connectivity index (χ3v) is 3.92. The Bertz CT molecular complexity index is 489. The average Bonchev–Trinajstić information content (AvgIpc) is 3.15. The molecule has 0 radical (unpaired) electrons. The number of aliphatic imine (C=N–C) groups is 1. The number of guanidine groups is 1. The van der Waals surface area contributed by atoms with Crippen molar-refractivity contribution in [1.82, 2.24) is 15.6 Å². The van der Waals surface area contributed by atoms with Gasteiger partial charge in [-0.1, -0.05) is 0 Å². The van der Waals surface area contributed by atoms with Gasteiger partial charge in [-0.3, -0.25) is 0 Å². The lowest BCUT2D eigenvalue weighted by Crippen LogP contribution is -2.38. The number of anilines is 1. The largest absolute Gasteiger partial charge is 0.357 e. The molecule has 2 N–H and O–H groups in total. The Kier molecular flexibility index (Phi) is 4.58. The first kappa shape index (κ1) is 14.2. The van der Waals surface area contributed by atoms with E-state index in [0.29, 0.717) is 12.6 Å². The van der Waals surface area contributed by atoms with E-state index < -0.39 is 0 Å². The molecule has 1 aliphatic heterocycles. The summed E-state index contributed by atoms with van der Waals surface area (Å²) in [5, 5.41) is 6.75. The van der Waals surface area contributed by atoms with Gasteiger partial charge in [0.15, 0.2) is 5.96 Å². The van der Waals surface area contributed by atoms with Crippen LogP contribution >= 0.6 is 0 Å². The Morgan fingerprint density at radius 3 is 2.90 bits per heavy atom. The summed E-state index contributed by atoms with van der Waals surface area (Å²) in [6.45, 7) is 5.96. The van der Waals surface area contributed by atoms with E-state index in [2.05, 4.69) is 44.6 Å². The Morgan fingerprint density at radius 1 is 1.38 bits per heavy atom. The highest BCUT2D eigenvalue weighted by Gasteiger charge is 2.22. The predicted octanol–water partition coefficient (Wildman–Crippen LogP) is 1.90. The van der Waals surface area contributed by atoms with Crippen LogP contribution in [-0.4, -0.2) is 36.6 Å². The van der Waals surface area contributed by atoms with E-state index in [9.17, 15) is 0 Å². The molecule has 0 spiro atoms. The van der Waals surface area contributed by atoms with Gasteiger partial charge >= 0.3 is 0 Å². The van der Waals surface area contributed by atoms with Crippen molar-refractivity contribution in [3.8, 4) is 0 Å². The molecule has 1 aliphatic carbocycles. The number of nitrogens with one attached hydrogen (secondary N) is 2. The molecule has 0 bridgehead atoms. The highest BCUT2D eigenvalue weighted by Crippen LogP contribution is 2.19. The molecule has 0 aromatic carbocycles. The minimum absolute atomic E-state index is 0.625. The molecule has 1 aromatic rings. The summed E-state index contributed by atoms with van der Waals surface area (Å²) in [5.41, 5.74) is 1.22.